The fourth-order valence-corrected chi connectivity index (χ4v) is 1.39. The van der Waals surface area contributed by atoms with E-state index in [1.54, 1.807) is 6.07 Å². The summed E-state index contributed by atoms with van der Waals surface area (Å²) in [5.41, 5.74) is 0.0220. The third-order valence-electron chi connectivity index (χ3n) is 2.30. The Balaban J connectivity index is 2.71. The molecule has 0 spiro atoms. The molecular formula is C12H15F2NO4. The average molecular weight is 275 g/mol. The molecule has 0 aliphatic heterocycles. The van der Waals surface area contributed by atoms with Gasteiger partial charge in [-0.05, 0) is 12.1 Å². The Labute approximate surface area is 109 Å². The van der Waals surface area contributed by atoms with Crippen molar-refractivity contribution in [1.82, 2.24) is 5.32 Å². The Morgan fingerprint density at radius 3 is 2.47 bits per heavy atom. The van der Waals surface area contributed by atoms with Gasteiger partial charge in [0.15, 0.2) is 6.29 Å². The molecule has 0 saturated carbocycles. The SMILES string of the molecule is COC(CNC(=O)c1ccccc1OC(F)F)OC. The highest BCUT2D eigenvalue weighted by Crippen LogP contribution is 2.19. The van der Waals surface area contributed by atoms with Gasteiger partial charge in [0.25, 0.3) is 5.91 Å². The van der Waals surface area contributed by atoms with Gasteiger partial charge in [0.05, 0.1) is 12.1 Å². The van der Waals surface area contributed by atoms with Crippen molar-refractivity contribution in [2.45, 2.75) is 12.9 Å². The molecule has 0 fully saturated rings. The molecule has 5 nitrogen and oxygen atoms in total. The molecule has 0 aliphatic carbocycles. The topological polar surface area (TPSA) is 56.8 Å². The van der Waals surface area contributed by atoms with E-state index in [2.05, 4.69) is 10.1 Å². The minimum atomic E-state index is -2.99. The number of alkyl halides is 2. The third kappa shape index (κ3) is 4.80. The lowest BCUT2D eigenvalue weighted by molar-refractivity contribution is -0.0975. The first-order valence-electron chi connectivity index (χ1n) is 5.46. The maximum atomic E-state index is 12.2. The van der Waals surface area contributed by atoms with Gasteiger partial charge in [-0.2, -0.15) is 8.78 Å². The molecule has 0 aromatic heterocycles. The molecule has 7 heteroatoms. The summed E-state index contributed by atoms with van der Waals surface area (Å²) < 4.78 is 38.4. The number of nitrogens with one attached hydrogen (secondary N) is 1. The van der Waals surface area contributed by atoms with Crippen LogP contribution < -0.4 is 10.1 Å². The molecule has 1 N–H and O–H groups in total. The van der Waals surface area contributed by atoms with E-state index in [0.29, 0.717) is 0 Å². The summed E-state index contributed by atoms with van der Waals surface area (Å²) in [6.45, 7) is -2.89. The van der Waals surface area contributed by atoms with E-state index in [4.69, 9.17) is 9.47 Å². The lowest BCUT2D eigenvalue weighted by Gasteiger charge is -2.15. The largest absolute Gasteiger partial charge is 0.434 e. The molecule has 0 saturated heterocycles. The highest BCUT2D eigenvalue weighted by atomic mass is 19.3. The number of ether oxygens (including phenoxy) is 3. The first kappa shape index (κ1) is 15.3. The molecule has 0 heterocycles. The van der Waals surface area contributed by atoms with Crippen LogP contribution in [0.2, 0.25) is 0 Å². The van der Waals surface area contributed by atoms with Gasteiger partial charge in [-0.25, -0.2) is 0 Å². The van der Waals surface area contributed by atoms with Crippen LogP contribution in [0.4, 0.5) is 8.78 Å². The van der Waals surface area contributed by atoms with Crippen LogP contribution in [0, 0.1) is 0 Å². The fourth-order valence-electron chi connectivity index (χ4n) is 1.39. The van der Waals surface area contributed by atoms with Gasteiger partial charge in [0.2, 0.25) is 0 Å². The number of benzene rings is 1. The second kappa shape index (κ2) is 7.65. The Morgan fingerprint density at radius 1 is 1.26 bits per heavy atom. The van der Waals surface area contributed by atoms with Crippen molar-refractivity contribution < 1.29 is 27.8 Å². The van der Waals surface area contributed by atoms with Crippen molar-refractivity contribution in [3.8, 4) is 5.75 Å². The smallest absolute Gasteiger partial charge is 0.387 e. The number of carbonyl (C=O) groups excluding carboxylic acids is 1. The van der Waals surface area contributed by atoms with E-state index in [-0.39, 0.29) is 17.9 Å². The van der Waals surface area contributed by atoms with Crippen LogP contribution in [0.25, 0.3) is 0 Å². The number of methoxy groups -OCH3 is 2. The monoisotopic (exact) mass is 275 g/mol. The van der Waals surface area contributed by atoms with Crippen molar-refractivity contribution in [2.24, 2.45) is 0 Å². The molecule has 1 aromatic rings. The van der Waals surface area contributed by atoms with E-state index in [1.807, 2.05) is 0 Å². The third-order valence-corrected chi connectivity index (χ3v) is 2.30. The predicted octanol–water partition coefficient (Wildman–Crippen LogP) is 1.64. The van der Waals surface area contributed by atoms with Crippen LogP contribution in [-0.2, 0) is 9.47 Å². The Hall–Kier alpha value is -1.73. The molecule has 1 amide bonds. The number of carbonyl (C=O) groups is 1. The molecule has 0 unspecified atom stereocenters. The van der Waals surface area contributed by atoms with E-state index in [9.17, 15) is 13.6 Å². The van der Waals surface area contributed by atoms with Crippen LogP contribution in [0.1, 0.15) is 10.4 Å². The summed E-state index contributed by atoms with van der Waals surface area (Å²) in [4.78, 5) is 11.8. The molecule has 0 aliphatic rings. The zero-order valence-corrected chi connectivity index (χ0v) is 10.6. The number of rotatable bonds is 7. The van der Waals surface area contributed by atoms with E-state index >= 15 is 0 Å². The van der Waals surface area contributed by atoms with Crippen LogP contribution in [-0.4, -0.2) is 39.6 Å². The van der Waals surface area contributed by atoms with Crippen LogP contribution in [0.5, 0.6) is 5.75 Å². The summed E-state index contributed by atoms with van der Waals surface area (Å²) in [5.74, 6) is -0.725. The highest BCUT2D eigenvalue weighted by Gasteiger charge is 2.16. The first-order valence-corrected chi connectivity index (χ1v) is 5.46. The Kier molecular flexibility index (Phi) is 6.17. The van der Waals surface area contributed by atoms with Gasteiger partial charge in [-0.3, -0.25) is 4.79 Å². The Bertz CT molecular complexity index is 410. The number of amides is 1. The Morgan fingerprint density at radius 2 is 1.89 bits per heavy atom. The quantitative estimate of drug-likeness (QED) is 0.768. The van der Waals surface area contributed by atoms with Crippen LogP contribution >= 0.6 is 0 Å². The summed E-state index contributed by atoms with van der Waals surface area (Å²) in [6, 6.07) is 5.74. The molecular weight excluding hydrogens is 260 g/mol. The van der Waals surface area contributed by atoms with E-state index in [1.165, 1.54) is 32.4 Å². The minimum Gasteiger partial charge on any atom is -0.434 e. The second-order valence-corrected chi connectivity index (χ2v) is 3.49. The number of hydrogen-bond acceptors (Lipinski definition) is 4. The highest BCUT2D eigenvalue weighted by molar-refractivity contribution is 5.96. The molecule has 1 aromatic carbocycles. The van der Waals surface area contributed by atoms with Gasteiger partial charge in [-0.1, -0.05) is 12.1 Å². The number of halogens is 2. The fraction of sp³-hybridized carbons (Fsp3) is 0.417. The summed E-state index contributed by atoms with van der Waals surface area (Å²) in [5, 5.41) is 2.50. The van der Waals surface area contributed by atoms with Crippen molar-refractivity contribution in [3.63, 3.8) is 0 Å². The van der Waals surface area contributed by atoms with E-state index in [0.717, 1.165) is 0 Å². The summed E-state index contributed by atoms with van der Waals surface area (Å²) >= 11 is 0. The van der Waals surface area contributed by atoms with Crippen molar-refractivity contribution in [3.05, 3.63) is 29.8 Å². The second-order valence-electron chi connectivity index (χ2n) is 3.49. The normalized spacial score (nSPS) is 10.8. The molecule has 1 rings (SSSR count). The predicted molar refractivity (Wildman–Crippen MR) is 63.2 cm³/mol. The molecule has 106 valence electrons. The molecule has 19 heavy (non-hydrogen) atoms. The van der Waals surface area contributed by atoms with Gasteiger partial charge < -0.3 is 19.5 Å². The van der Waals surface area contributed by atoms with E-state index < -0.39 is 18.8 Å². The van der Waals surface area contributed by atoms with Gasteiger partial charge in [0.1, 0.15) is 5.75 Å². The van der Waals surface area contributed by atoms with Crippen molar-refractivity contribution >= 4 is 5.91 Å². The average Bonchev–Trinajstić information content (AvgIpc) is 2.39. The maximum absolute atomic E-state index is 12.2. The lowest BCUT2D eigenvalue weighted by atomic mass is 10.2. The number of hydrogen-bond donors (Lipinski definition) is 1. The lowest BCUT2D eigenvalue weighted by Crippen LogP contribution is -2.34. The van der Waals surface area contributed by atoms with Crippen LogP contribution in [0.15, 0.2) is 24.3 Å². The van der Waals surface area contributed by atoms with Gasteiger partial charge >= 0.3 is 6.61 Å². The zero-order chi connectivity index (χ0) is 14.3. The minimum absolute atomic E-state index is 0.0220. The zero-order valence-electron chi connectivity index (χ0n) is 10.6. The van der Waals surface area contributed by atoms with Gasteiger partial charge in [-0.15, -0.1) is 0 Å². The maximum Gasteiger partial charge on any atom is 0.387 e. The summed E-state index contributed by atoms with van der Waals surface area (Å²) in [6.07, 6.45) is -0.605. The molecule has 0 bridgehead atoms. The standard InChI is InChI=1S/C12H15F2NO4/c1-17-10(18-2)7-15-11(16)8-5-3-4-6-9(8)19-12(13)14/h3-6,10,12H,7H2,1-2H3,(H,15,16). The molecule has 0 atom stereocenters. The molecule has 0 radical (unpaired) electrons. The van der Waals surface area contributed by atoms with Gasteiger partial charge in [0, 0.05) is 14.2 Å². The van der Waals surface area contributed by atoms with Crippen molar-refractivity contribution in [2.75, 3.05) is 20.8 Å². The van der Waals surface area contributed by atoms with Crippen LogP contribution in [0.3, 0.4) is 0 Å². The first-order chi connectivity index (χ1) is 9.08. The summed E-state index contributed by atoms with van der Waals surface area (Å²) in [7, 11) is 2.85. The number of para-hydroxylation sites is 1. The van der Waals surface area contributed by atoms with Crippen molar-refractivity contribution in [1.29, 1.82) is 0 Å².